The van der Waals surface area contributed by atoms with E-state index in [0.717, 1.165) is 12.8 Å². The summed E-state index contributed by atoms with van der Waals surface area (Å²) in [4.78, 5) is 11.9. The summed E-state index contributed by atoms with van der Waals surface area (Å²) >= 11 is 6.08. The van der Waals surface area contributed by atoms with E-state index in [1.165, 1.54) is 17.5 Å². The molecular formula is C12H18ClN3O2. The van der Waals surface area contributed by atoms with Gasteiger partial charge in [0.2, 0.25) is 0 Å². The van der Waals surface area contributed by atoms with E-state index in [-0.39, 0.29) is 10.6 Å². The van der Waals surface area contributed by atoms with Gasteiger partial charge in [-0.25, -0.2) is 4.68 Å². The molecule has 0 spiro atoms. The molecule has 1 saturated carbocycles. The second kappa shape index (κ2) is 6.20. The summed E-state index contributed by atoms with van der Waals surface area (Å²) in [5.41, 5.74) is 0.374. The minimum absolute atomic E-state index is 0.216. The zero-order chi connectivity index (χ0) is 13.0. The van der Waals surface area contributed by atoms with Crippen molar-refractivity contribution in [2.24, 2.45) is 0 Å². The van der Waals surface area contributed by atoms with E-state index in [9.17, 15) is 4.79 Å². The lowest BCUT2D eigenvalue weighted by molar-refractivity contribution is 0.182. The number of hydrogen-bond donors (Lipinski definition) is 1. The molecule has 2 rings (SSSR count). The third kappa shape index (κ3) is 3.03. The van der Waals surface area contributed by atoms with Crippen molar-refractivity contribution in [3.8, 4) is 0 Å². The van der Waals surface area contributed by atoms with Gasteiger partial charge in [0, 0.05) is 13.2 Å². The van der Waals surface area contributed by atoms with E-state index in [2.05, 4.69) is 10.4 Å². The number of anilines is 1. The monoisotopic (exact) mass is 271 g/mol. The maximum Gasteiger partial charge on any atom is 0.287 e. The van der Waals surface area contributed by atoms with Crippen molar-refractivity contribution in [2.45, 2.75) is 38.3 Å². The fourth-order valence-corrected chi connectivity index (χ4v) is 2.39. The lowest BCUT2D eigenvalue weighted by Crippen LogP contribution is -2.27. The molecular weight excluding hydrogens is 254 g/mol. The van der Waals surface area contributed by atoms with Crippen LogP contribution < -0.4 is 10.9 Å². The van der Waals surface area contributed by atoms with Crippen LogP contribution in [0.5, 0.6) is 0 Å². The van der Waals surface area contributed by atoms with Gasteiger partial charge in [0.25, 0.3) is 5.56 Å². The molecule has 1 aliphatic carbocycles. The number of nitrogens with one attached hydrogen (secondary N) is 1. The summed E-state index contributed by atoms with van der Waals surface area (Å²) in [5, 5.41) is 7.61. The predicted molar refractivity (Wildman–Crippen MR) is 71.3 cm³/mol. The van der Waals surface area contributed by atoms with Gasteiger partial charge in [-0.15, -0.1) is 0 Å². The van der Waals surface area contributed by atoms with Gasteiger partial charge >= 0.3 is 0 Å². The van der Waals surface area contributed by atoms with Crippen molar-refractivity contribution < 1.29 is 4.74 Å². The Bertz CT molecular complexity index is 455. The lowest BCUT2D eigenvalue weighted by Gasteiger charge is -2.15. The molecule has 1 aromatic heterocycles. The first kappa shape index (κ1) is 13.4. The zero-order valence-corrected chi connectivity index (χ0v) is 11.2. The van der Waals surface area contributed by atoms with Gasteiger partial charge in [-0.1, -0.05) is 24.4 Å². The van der Waals surface area contributed by atoms with Crippen molar-refractivity contribution in [1.82, 2.24) is 9.78 Å². The number of hydrogen-bond acceptors (Lipinski definition) is 4. The maximum atomic E-state index is 11.9. The van der Waals surface area contributed by atoms with Crippen molar-refractivity contribution in [3.05, 3.63) is 21.6 Å². The summed E-state index contributed by atoms with van der Waals surface area (Å²) in [6.45, 7) is 0.859. The van der Waals surface area contributed by atoms with Crippen molar-refractivity contribution in [1.29, 1.82) is 0 Å². The molecule has 0 aliphatic heterocycles. The van der Waals surface area contributed by atoms with E-state index >= 15 is 0 Å². The van der Waals surface area contributed by atoms with Crippen LogP contribution in [0.25, 0.3) is 0 Å². The predicted octanol–water partition coefficient (Wildman–Crippen LogP) is 1.90. The van der Waals surface area contributed by atoms with Gasteiger partial charge in [0.1, 0.15) is 5.02 Å². The zero-order valence-electron chi connectivity index (χ0n) is 10.5. The molecule has 0 radical (unpaired) electrons. The summed E-state index contributed by atoms with van der Waals surface area (Å²) < 4.78 is 6.25. The van der Waals surface area contributed by atoms with Gasteiger partial charge in [-0.05, 0) is 12.8 Å². The van der Waals surface area contributed by atoms with Crippen LogP contribution in [0.4, 0.5) is 5.69 Å². The molecule has 1 fully saturated rings. The Morgan fingerprint density at radius 3 is 2.94 bits per heavy atom. The van der Waals surface area contributed by atoms with Gasteiger partial charge in [0.15, 0.2) is 0 Å². The van der Waals surface area contributed by atoms with Crippen molar-refractivity contribution >= 4 is 17.3 Å². The highest BCUT2D eigenvalue weighted by molar-refractivity contribution is 6.32. The molecule has 5 nitrogen and oxygen atoms in total. The van der Waals surface area contributed by atoms with Gasteiger partial charge in [0.05, 0.1) is 25.0 Å². The molecule has 0 bridgehead atoms. The van der Waals surface area contributed by atoms with Crippen LogP contribution in [0.2, 0.25) is 5.02 Å². The highest BCUT2D eigenvalue weighted by Gasteiger charge is 2.17. The fourth-order valence-electron chi connectivity index (χ4n) is 2.19. The molecule has 100 valence electrons. The third-order valence-corrected chi connectivity index (χ3v) is 3.57. The molecule has 0 aromatic carbocycles. The number of aromatic nitrogens is 2. The smallest absolute Gasteiger partial charge is 0.287 e. The van der Waals surface area contributed by atoms with E-state index in [1.807, 2.05) is 0 Å². The second-order valence-corrected chi connectivity index (χ2v) is 4.90. The Labute approximate surface area is 111 Å². The third-order valence-electron chi connectivity index (χ3n) is 3.21. The minimum Gasteiger partial charge on any atom is -0.383 e. The van der Waals surface area contributed by atoms with Crippen LogP contribution in [0.1, 0.15) is 25.7 Å². The maximum absolute atomic E-state index is 11.9. The first-order chi connectivity index (χ1) is 8.72. The van der Waals surface area contributed by atoms with Crippen LogP contribution in [0.15, 0.2) is 11.0 Å². The van der Waals surface area contributed by atoms with E-state index < -0.39 is 0 Å². The molecule has 1 heterocycles. The van der Waals surface area contributed by atoms with Crippen molar-refractivity contribution in [3.63, 3.8) is 0 Å². The normalized spacial score (nSPS) is 16.1. The van der Waals surface area contributed by atoms with Gasteiger partial charge in [-0.2, -0.15) is 5.10 Å². The average Bonchev–Trinajstić information content (AvgIpc) is 2.87. The fraction of sp³-hybridized carbons (Fsp3) is 0.667. The quantitative estimate of drug-likeness (QED) is 0.889. The second-order valence-electron chi connectivity index (χ2n) is 4.52. The molecule has 1 N–H and O–H groups in total. The number of nitrogens with zero attached hydrogens (tertiary/aromatic N) is 2. The summed E-state index contributed by atoms with van der Waals surface area (Å²) in [7, 11) is 1.59. The van der Waals surface area contributed by atoms with Crippen LogP contribution in [0, 0.1) is 0 Å². The molecule has 1 aliphatic rings. The summed E-state index contributed by atoms with van der Waals surface area (Å²) in [6, 6.07) is 0.415. The Hall–Kier alpha value is -1.07. The standard InChI is InChI=1S/C12H18ClN3O2/c1-18-7-6-16-12(17)11(13)10(8-14-16)15-9-4-2-3-5-9/h8-9,15H,2-7H2,1H3. The molecule has 1 aromatic rings. The Kier molecular flexibility index (Phi) is 4.60. The molecule has 0 saturated heterocycles. The Morgan fingerprint density at radius 2 is 2.28 bits per heavy atom. The molecule has 18 heavy (non-hydrogen) atoms. The molecule has 0 atom stereocenters. The average molecular weight is 272 g/mol. The highest BCUT2D eigenvalue weighted by Crippen LogP contribution is 2.24. The first-order valence-corrected chi connectivity index (χ1v) is 6.61. The SMILES string of the molecule is COCCn1ncc(NC2CCCC2)c(Cl)c1=O. The first-order valence-electron chi connectivity index (χ1n) is 6.23. The Morgan fingerprint density at radius 1 is 1.56 bits per heavy atom. The molecule has 6 heteroatoms. The molecule has 0 unspecified atom stereocenters. The van der Waals surface area contributed by atoms with E-state index in [0.29, 0.717) is 24.9 Å². The van der Waals surface area contributed by atoms with Crippen molar-refractivity contribution in [2.75, 3.05) is 19.0 Å². The minimum atomic E-state index is -0.267. The Balaban J connectivity index is 2.12. The lowest BCUT2D eigenvalue weighted by atomic mass is 10.2. The van der Waals surface area contributed by atoms with Gasteiger partial charge < -0.3 is 10.1 Å². The summed E-state index contributed by atoms with van der Waals surface area (Å²) in [6.07, 6.45) is 6.34. The number of ether oxygens (including phenoxy) is 1. The largest absolute Gasteiger partial charge is 0.383 e. The number of halogens is 1. The topological polar surface area (TPSA) is 56.1 Å². The van der Waals surface area contributed by atoms with E-state index in [1.54, 1.807) is 13.3 Å². The van der Waals surface area contributed by atoms with Crippen LogP contribution >= 0.6 is 11.6 Å². The van der Waals surface area contributed by atoms with Crippen LogP contribution in [-0.4, -0.2) is 29.5 Å². The van der Waals surface area contributed by atoms with E-state index in [4.69, 9.17) is 16.3 Å². The summed E-state index contributed by atoms with van der Waals surface area (Å²) in [5.74, 6) is 0. The van der Waals surface area contributed by atoms with Crippen LogP contribution in [-0.2, 0) is 11.3 Å². The number of rotatable bonds is 5. The molecule has 0 amide bonds. The van der Waals surface area contributed by atoms with Crippen LogP contribution in [0.3, 0.4) is 0 Å². The number of methoxy groups -OCH3 is 1. The highest BCUT2D eigenvalue weighted by atomic mass is 35.5. The van der Waals surface area contributed by atoms with Gasteiger partial charge in [-0.3, -0.25) is 4.79 Å².